The fourth-order valence-electron chi connectivity index (χ4n) is 2.03. The predicted octanol–water partition coefficient (Wildman–Crippen LogP) is 3.90. The van der Waals surface area contributed by atoms with Crippen molar-refractivity contribution in [1.29, 1.82) is 0 Å². The lowest BCUT2D eigenvalue weighted by Crippen LogP contribution is -2.09. The summed E-state index contributed by atoms with van der Waals surface area (Å²) in [5, 5.41) is 6.62. The van der Waals surface area contributed by atoms with Crippen molar-refractivity contribution in [1.82, 2.24) is 9.97 Å². The molecule has 0 atom stereocenters. The van der Waals surface area contributed by atoms with Gasteiger partial charge in [0.25, 0.3) is 0 Å². The van der Waals surface area contributed by atoms with E-state index in [0.29, 0.717) is 5.92 Å². The molecule has 4 heteroatoms. The monoisotopic (exact) mass is 270 g/mol. The third kappa shape index (κ3) is 4.23. The Labute approximate surface area is 120 Å². The van der Waals surface area contributed by atoms with Crippen LogP contribution in [-0.4, -0.2) is 16.5 Å². The van der Waals surface area contributed by atoms with Crippen LogP contribution < -0.4 is 10.6 Å². The zero-order valence-electron chi connectivity index (χ0n) is 12.6. The standard InChI is InChI=1S/C16H22N4/c1-11(2)9-17-15-8-16(19-10-18-15)20-14-6-12(3)5-13(4)7-14/h5-8,10-11H,9H2,1-4H3,(H2,17,18,19,20). The minimum atomic E-state index is 0.584. The van der Waals surface area contributed by atoms with Crippen LogP contribution in [-0.2, 0) is 0 Å². The summed E-state index contributed by atoms with van der Waals surface area (Å²) in [5.74, 6) is 2.23. The Morgan fingerprint density at radius 3 is 2.25 bits per heavy atom. The van der Waals surface area contributed by atoms with E-state index in [1.165, 1.54) is 11.1 Å². The molecule has 0 saturated carbocycles. The number of aryl methyl sites for hydroxylation is 2. The quantitative estimate of drug-likeness (QED) is 0.865. The molecule has 0 spiro atoms. The van der Waals surface area contributed by atoms with Gasteiger partial charge in [-0.2, -0.15) is 0 Å². The second-order valence-electron chi connectivity index (χ2n) is 5.56. The number of rotatable bonds is 5. The molecule has 4 nitrogen and oxygen atoms in total. The van der Waals surface area contributed by atoms with Gasteiger partial charge < -0.3 is 10.6 Å². The normalized spacial score (nSPS) is 10.7. The van der Waals surface area contributed by atoms with Crippen LogP contribution in [0, 0.1) is 19.8 Å². The van der Waals surface area contributed by atoms with Crippen molar-refractivity contribution < 1.29 is 0 Å². The summed E-state index contributed by atoms with van der Waals surface area (Å²) in [6.45, 7) is 9.42. The summed E-state index contributed by atoms with van der Waals surface area (Å²) in [6.07, 6.45) is 1.58. The zero-order chi connectivity index (χ0) is 14.5. The molecule has 0 aliphatic heterocycles. The lowest BCUT2D eigenvalue weighted by molar-refractivity contribution is 0.687. The first kappa shape index (κ1) is 14.3. The fourth-order valence-corrected chi connectivity index (χ4v) is 2.03. The van der Waals surface area contributed by atoms with E-state index in [4.69, 9.17) is 0 Å². The van der Waals surface area contributed by atoms with Crippen LogP contribution in [0.4, 0.5) is 17.3 Å². The Hall–Kier alpha value is -2.10. The van der Waals surface area contributed by atoms with Crippen LogP contribution in [0.2, 0.25) is 0 Å². The molecule has 0 saturated heterocycles. The number of aromatic nitrogens is 2. The van der Waals surface area contributed by atoms with E-state index in [0.717, 1.165) is 23.9 Å². The first-order chi connectivity index (χ1) is 9.52. The maximum Gasteiger partial charge on any atom is 0.135 e. The Bertz CT molecular complexity index is 558. The third-order valence-electron chi connectivity index (χ3n) is 2.85. The van der Waals surface area contributed by atoms with Gasteiger partial charge in [0.15, 0.2) is 0 Å². The summed E-state index contributed by atoms with van der Waals surface area (Å²) in [7, 11) is 0. The van der Waals surface area contributed by atoms with E-state index in [1.807, 2.05) is 6.07 Å². The SMILES string of the molecule is Cc1cc(C)cc(Nc2cc(NCC(C)C)ncn2)c1. The van der Waals surface area contributed by atoms with Gasteiger partial charge in [-0.05, 0) is 43.0 Å². The Morgan fingerprint density at radius 2 is 1.60 bits per heavy atom. The molecular weight excluding hydrogens is 248 g/mol. The van der Waals surface area contributed by atoms with Crippen molar-refractivity contribution in [2.24, 2.45) is 5.92 Å². The number of hydrogen-bond acceptors (Lipinski definition) is 4. The third-order valence-corrected chi connectivity index (χ3v) is 2.85. The largest absolute Gasteiger partial charge is 0.370 e. The first-order valence-electron chi connectivity index (χ1n) is 6.94. The van der Waals surface area contributed by atoms with Crippen LogP contribution in [0.25, 0.3) is 0 Å². The van der Waals surface area contributed by atoms with E-state index >= 15 is 0 Å². The Balaban J connectivity index is 2.11. The minimum absolute atomic E-state index is 0.584. The zero-order valence-corrected chi connectivity index (χ0v) is 12.6. The first-order valence-corrected chi connectivity index (χ1v) is 6.94. The molecule has 2 rings (SSSR count). The summed E-state index contributed by atoms with van der Waals surface area (Å²) in [6, 6.07) is 8.30. The molecule has 0 fully saturated rings. The van der Waals surface area contributed by atoms with Gasteiger partial charge in [0, 0.05) is 18.3 Å². The van der Waals surface area contributed by atoms with E-state index in [2.05, 4.69) is 66.5 Å². The topological polar surface area (TPSA) is 49.8 Å². The molecule has 0 amide bonds. The number of nitrogens with one attached hydrogen (secondary N) is 2. The number of hydrogen-bond donors (Lipinski definition) is 2. The average Bonchev–Trinajstić information content (AvgIpc) is 2.35. The van der Waals surface area contributed by atoms with Crippen LogP contribution in [0.3, 0.4) is 0 Å². The molecule has 2 aromatic rings. The van der Waals surface area contributed by atoms with E-state index in [-0.39, 0.29) is 0 Å². The highest BCUT2D eigenvalue weighted by Crippen LogP contribution is 2.19. The summed E-state index contributed by atoms with van der Waals surface area (Å²) >= 11 is 0. The van der Waals surface area contributed by atoms with Crippen molar-refractivity contribution in [2.45, 2.75) is 27.7 Å². The van der Waals surface area contributed by atoms with Gasteiger partial charge in [0.1, 0.15) is 18.0 Å². The van der Waals surface area contributed by atoms with Gasteiger partial charge in [0.05, 0.1) is 0 Å². The average molecular weight is 270 g/mol. The van der Waals surface area contributed by atoms with Gasteiger partial charge in [-0.3, -0.25) is 0 Å². The van der Waals surface area contributed by atoms with Gasteiger partial charge in [-0.1, -0.05) is 19.9 Å². The number of nitrogens with zero attached hydrogens (tertiary/aromatic N) is 2. The highest BCUT2D eigenvalue weighted by Gasteiger charge is 2.01. The van der Waals surface area contributed by atoms with Crippen molar-refractivity contribution in [3.63, 3.8) is 0 Å². The minimum Gasteiger partial charge on any atom is -0.370 e. The van der Waals surface area contributed by atoms with Crippen LogP contribution in [0.5, 0.6) is 0 Å². The summed E-state index contributed by atoms with van der Waals surface area (Å²) < 4.78 is 0. The maximum atomic E-state index is 4.26. The smallest absolute Gasteiger partial charge is 0.135 e. The van der Waals surface area contributed by atoms with Crippen molar-refractivity contribution in [3.05, 3.63) is 41.7 Å². The van der Waals surface area contributed by atoms with Gasteiger partial charge in [-0.15, -0.1) is 0 Å². The van der Waals surface area contributed by atoms with Crippen molar-refractivity contribution in [2.75, 3.05) is 17.2 Å². The highest BCUT2D eigenvalue weighted by atomic mass is 15.1. The van der Waals surface area contributed by atoms with E-state index in [9.17, 15) is 0 Å². The van der Waals surface area contributed by atoms with Crippen LogP contribution >= 0.6 is 0 Å². The van der Waals surface area contributed by atoms with Gasteiger partial charge in [-0.25, -0.2) is 9.97 Å². The van der Waals surface area contributed by atoms with Gasteiger partial charge in [0.2, 0.25) is 0 Å². The van der Waals surface area contributed by atoms with E-state index in [1.54, 1.807) is 6.33 Å². The summed E-state index contributed by atoms with van der Waals surface area (Å²) in [4.78, 5) is 8.48. The molecule has 0 unspecified atom stereocenters. The molecule has 0 radical (unpaired) electrons. The molecule has 20 heavy (non-hydrogen) atoms. The number of anilines is 3. The van der Waals surface area contributed by atoms with Crippen molar-refractivity contribution in [3.8, 4) is 0 Å². The van der Waals surface area contributed by atoms with E-state index < -0.39 is 0 Å². The number of benzene rings is 1. The Morgan fingerprint density at radius 1 is 0.950 bits per heavy atom. The Kier molecular flexibility index (Phi) is 4.56. The lowest BCUT2D eigenvalue weighted by atomic mass is 10.1. The molecule has 0 aliphatic carbocycles. The lowest BCUT2D eigenvalue weighted by Gasteiger charge is -2.11. The van der Waals surface area contributed by atoms with Crippen LogP contribution in [0.1, 0.15) is 25.0 Å². The molecule has 0 bridgehead atoms. The molecule has 1 aromatic carbocycles. The highest BCUT2D eigenvalue weighted by molar-refractivity contribution is 5.60. The summed E-state index contributed by atoms with van der Waals surface area (Å²) in [5.41, 5.74) is 3.52. The second kappa shape index (κ2) is 6.37. The molecular formula is C16H22N4. The molecule has 106 valence electrons. The molecule has 1 heterocycles. The van der Waals surface area contributed by atoms with Crippen LogP contribution in [0.15, 0.2) is 30.6 Å². The second-order valence-corrected chi connectivity index (χ2v) is 5.56. The predicted molar refractivity (Wildman–Crippen MR) is 84.6 cm³/mol. The molecule has 2 N–H and O–H groups in total. The maximum absolute atomic E-state index is 4.26. The van der Waals surface area contributed by atoms with Crippen molar-refractivity contribution >= 4 is 17.3 Å². The van der Waals surface area contributed by atoms with Gasteiger partial charge >= 0.3 is 0 Å². The fraction of sp³-hybridized carbons (Fsp3) is 0.375. The molecule has 0 aliphatic rings. The molecule has 1 aromatic heterocycles.